The van der Waals surface area contributed by atoms with Gasteiger partial charge in [0.1, 0.15) is 17.8 Å². The molecule has 0 saturated carbocycles. The zero-order valence-corrected chi connectivity index (χ0v) is 18.2. The topological polar surface area (TPSA) is 69.4 Å². The summed E-state index contributed by atoms with van der Waals surface area (Å²) in [6, 6.07) is 8.06. The molecule has 0 bridgehead atoms. The fraction of sp³-hybridized carbons (Fsp3) is 0.500. The third kappa shape index (κ3) is 4.77. The van der Waals surface area contributed by atoms with Crippen LogP contribution in [0.5, 0.6) is 11.5 Å². The molecule has 0 spiro atoms. The number of para-hydroxylation sites is 2. The second kappa shape index (κ2) is 9.76. The van der Waals surface area contributed by atoms with Crippen molar-refractivity contribution in [1.82, 2.24) is 9.80 Å². The van der Waals surface area contributed by atoms with E-state index in [0.29, 0.717) is 24.2 Å². The summed E-state index contributed by atoms with van der Waals surface area (Å²) < 4.78 is 10.8. The second-order valence-electron chi connectivity index (χ2n) is 7.70. The maximum Gasteiger partial charge on any atom is 0.343 e. The number of methoxy groups -OCH3 is 1. The molecule has 30 heavy (non-hydrogen) atoms. The number of rotatable bonds is 6. The Bertz CT molecular complexity index is 905. The Labute approximate surface area is 181 Å². The number of hydrogen-bond acceptors (Lipinski definition) is 8. The first kappa shape index (κ1) is 21.1. The maximum absolute atomic E-state index is 12.2. The highest BCUT2D eigenvalue weighted by atomic mass is 32.2. The molecule has 1 N–H and O–H groups in total. The lowest BCUT2D eigenvalue weighted by atomic mass is 10.1. The zero-order chi connectivity index (χ0) is 20.9. The molecule has 7 nitrogen and oxygen atoms in total. The molecular weight excluding hydrogens is 402 g/mol. The number of thioether (sulfide) groups is 1. The molecule has 1 aromatic carbocycles. The third-order valence-electron chi connectivity index (χ3n) is 5.82. The summed E-state index contributed by atoms with van der Waals surface area (Å²) in [5.74, 6) is 3.09. The van der Waals surface area contributed by atoms with Gasteiger partial charge in [-0.1, -0.05) is 12.1 Å². The Morgan fingerprint density at radius 3 is 2.47 bits per heavy atom. The molecule has 0 amide bonds. The number of benzene rings is 1. The van der Waals surface area contributed by atoms with Crippen molar-refractivity contribution in [2.45, 2.75) is 13.1 Å². The third-order valence-corrected chi connectivity index (χ3v) is 6.76. The van der Waals surface area contributed by atoms with E-state index in [4.69, 9.17) is 9.15 Å². The Hall–Kier alpha value is -2.16. The first-order valence-electron chi connectivity index (χ1n) is 10.4. The molecule has 2 aliphatic rings. The van der Waals surface area contributed by atoms with Crippen LogP contribution in [0.2, 0.25) is 0 Å². The fourth-order valence-corrected chi connectivity index (χ4v) is 5.03. The summed E-state index contributed by atoms with van der Waals surface area (Å²) in [6.45, 7) is 6.33. The van der Waals surface area contributed by atoms with Gasteiger partial charge in [0.05, 0.1) is 18.4 Å². The van der Waals surface area contributed by atoms with Crippen molar-refractivity contribution in [1.29, 1.82) is 0 Å². The molecule has 2 saturated heterocycles. The molecule has 1 aromatic heterocycles. The van der Waals surface area contributed by atoms with E-state index in [2.05, 4.69) is 20.8 Å². The lowest BCUT2D eigenvalue weighted by molar-refractivity contribution is 0.240. The molecule has 2 fully saturated rings. The van der Waals surface area contributed by atoms with Gasteiger partial charge in [0.25, 0.3) is 0 Å². The minimum atomic E-state index is -0.435. The van der Waals surface area contributed by atoms with E-state index in [1.165, 1.54) is 6.26 Å². The van der Waals surface area contributed by atoms with Crippen molar-refractivity contribution in [3.05, 3.63) is 52.1 Å². The lowest BCUT2D eigenvalue weighted by Gasteiger charge is -2.36. The lowest BCUT2D eigenvalue weighted by Crippen LogP contribution is -2.46. The van der Waals surface area contributed by atoms with Crippen LogP contribution in [0.1, 0.15) is 11.1 Å². The number of aromatic hydroxyl groups is 1. The minimum Gasteiger partial charge on any atom is -0.507 e. The van der Waals surface area contributed by atoms with Gasteiger partial charge in [0, 0.05) is 69.4 Å². The summed E-state index contributed by atoms with van der Waals surface area (Å²) in [4.78, 5) is 19.0. The highest BCUT2D eigenvalue weighted by Gasteiger charge is 2.23. The van der Waals surface area contributed by atoms with E-state index in [1.807, 2.05) is 30.0 Å². The molecule has 0 unspecified atom stereocenters. The van der Waals surface area contributed by atoms with Crippen molar-refractivity contribution in [2.75, 3.05) is 62.8 Å². The van der Waals surface area contributed by atoms with Crippen LogP contribution in [0.4, 0.5) is 5.69 Å². The van der Waals surface area contributed by atoms with E-state index < -0.39 is 5.63 Å². The van der Waals surface area contributed by atoms with Gasteiger partial charge in [-0.05, 0) is 12.1 Å². The van der Waals surface area contributed by atoms with Gasteiger partial charge in [-0.2, -0.15) is 11.8 Å². The van der Waals surface area contributed by atoms with E-state index in [0.717, 1.165) is 62.2 Å². The monoisotopic (exact) mass is 431 g/mol. The molecular formula is C22H29N3O4S. The summed E-state index contributed by atoms with van der Waals surface area (Å²) in [7, 11) is 1.70. The molecule has 0 atom stereocenters. The average Bonchev–Trinajstić information content (AvgIpc) is 2.80. The molecule has 162 valence electrons. The fourth-order valence-electron chi connectivity index (χ4n) is 4.06. The van der Waals surface area contributed by atoms with E-state index in [1.54, 1.807) is 7.11 Å². The van der Waals surface area contributed by atoms with Crippen molar-refractivity contribution in [2.24, 2.45) is 0 Å². The average molecular weight is 432 g/mol. The highest BCUT2D eigenvalue weighted by Crippen LogP contribution is 2.29. The summed E-state index contributed by atoms with van der Waals surface area (Å²) in [5.41, 5.74) is 1.74. The van der Waals surface area contributed by atoms with Crippen LogP contribution in [0.3, 0.4) is 0 Å². The molecule has 2 aromatic rings. The molecule has 2 aliphatic heterocycles. The number of hydrogen-bond donors (Lipinski definition) is 1. The van der Waals surface area contributed by atoms with Crippen LogP contribution in [0.15, 0.2) is 39.7 Å². The van der Waals surface area contributed by atoms with Gasteiger partial charge in [-0.25, -0.2) is 4.79 Å². The van der Waals surface area contributed by atoms with Gasteiger partial charge >= 0.3 is 5.63 Å². The molecule has 0 aliphatic carbocycles. The number of ether oxygens (including phenoxy) is 1. The molecule has 3 heterocycles. The Balaban J connectivity index is 1.40. The summed E-state index contributed by atoms with van der Waals surface area (Å²) in [5, 5.41) is 10.8. The van der Waals surface area contributed by atoms with Crippen LogP contribution in [-0.4, -0.2) is 72.8 Å². The van der Waals surface area contributed by atoms with Crippen molar-refractivity contribution < 1.29 is 14.3 Å². The Morgan fingerprint density at radius 2 is 1.73 bits per heavy atom. The maximum atomic E-state index is 12.2. The number of piperazine rings is 1. The molecule has 4 rings (SSSR count). The zero-order valence-electron chi connectivity index (χ0n) is 17.4. The standard InChI is InChI=1S/C22H29N3O4S/c1-28-20-5-3-2-4-19(20)25-8-6-23(7-9-25)14-17-16-29-22(27)18(21(17)26)15-24-10-12-30-13-11-24/h2-5,16,26H,6-15H2,1H3. The van der Waals surface area contributed by atoms with Crippen LogP contribution in [0, 0.1) is 0 Å². The largest absolute Gasteiger partial charge is 0.507 e. The first-order chi connectivity index (χ1) is 14.7. The minimum absolute atomic E-state index is 0.0941. The predicted molar refractivity (Wildman–Crippen MR) is 120 cm³/mol. The van der Waals surface area contributed by atoms with Gasteiger partial charge in [-0.3, -0.25) is 9.80 Å². The first-order valence-corrected chi connectivity index (χ1v) is 11.5. The van der Waals surface area contributed by atoms with E-state index in [9.17, 15) is 9.90 Å². The van der Waals surface area contributed by atoms with Crippen LogP contribution >= 0.6 is 11.8 Å². The predicted octanol–water partition coefficient (Wildman–Crippen LogP) is 2.22. The SMILES string of the molecule is COc1ccccc1N1CCN(Cc2coc(=O)c(CN3CCSCC3)c2O)CC1. The smallest absolute Gasteiger partial charge is 0.343 e. The normalized spacial score (nSPS) is 18.5. The van der Waals surface area contributed by atoms with Gasteiger partial charge in [0.2, 0.25) is 0 Å². The highest BCUT2D eigenvalue weighted by molar-refractivity contribution is 7.99. The summed E-state index contributed by atoms with van der Waals surface area (Å²) >= 11 is 1.92. The van der Waals surface area contributed by atoms with Gasteiger partial charge < -0.3 is 19.2 Å². The van der Waals surface area contributed by atoms with Gasteiger partial charge in [-0.15, -0.1) is 0 Å². The van der Waals surface area contributed by atoms with Crippen LogP contribution < -0.4 is 15.3 Å². The number of anilines is 1. The Kier molecular flexibility index (Phi) is 6.86. The molecule has 8 heteroatoms. The van der Waals surface area contributed by atoms with E-state index in [-0.39, 0.29) is 5.75 Å². The van der Waals surface area contributed by atoms with Gasteiger partial charge in [0.15, 0.2) is 0 Å². The van der Waals surface area contributed by atoms with Crippen molar-refractivity contribution in [3.63, 3.8) is 0 Å². The second-order valence-corrected chi connectivity index (χ2v) is 8.92. The van der Waals surface area contributed by atoms with Crippen LogP contribution in [-0.2, 0) is 13.1 Å². The number of nitrogens with zero attached hydrogens (tertiary/aromatic N) is 3. The summed E-state index contributed by atoms with van der Waals surface area (Å²) in [6.07, 6.45) is 1.42. The van der Waals surface area contributed by atoms with Crippen molar-refractivity contribution >= 4 is 17.4 Å². The van der Waals surface area contributed by atoms with Crippen LogP contribution in [0.25, 0.3) is 0 Å². The van der Waals surface area contributed by atoms with E-state index >= 15 is 0 Å². The molecule has 0 radical (unpaired) electrons. The Morgan fingerprint density at radius 1 is 1.03 bits per heavy atom. The van der Waals surface area contributed by atoms with Crippen molar-refractivity contribution in [3.8, 4) is 11.5 Å². The quantitative estimate of drug-likeness (QED) is 0.747.